The van der Waals surface area contributed by atoms with Crippen LogP contribution < -0.4 is 5.43 Å². The van der Waals surface area contributed by atoms with Gasteiger partial charge in [-0.05, 0) is 0 Å². The average molecular weight is 104 g/mol. The standard InChI is InChI=1S/C3H5FN2O/c1-3(7)6-5-2-4/h2H,1H3,(H,6,7)/b5-2+. The van der Waals surface area contributed by atoms with Gasteiger partial charge in [0.25, 0.3) is 0 Å². The fourth-order valence-electron chi connectivity index (χ4n) is 0.115. The smallest absolute Gasteiger partial charge is 0.237 e. The van der Waals surface area contributed by atoms with E-state index in [4.69, 9.17) is 0 Å². The number of nitrogens with zero attached hydrogens (tertiary/aromatic N) is 1. The van der Waals surface area contributed by atoms with E-state index in [0.29, 0.717) is 0 Å². The first kappa shape index (κ1) is 6.07. The number of amides is 1. The molecule has 0 aliphatic heterocycles. The van der Waals surface area contributed by atoms with Crippen LogP contribution in [0.5, 0.6) is 0 Å². The minimum Gasteiger partial charge on any atom is -0.274 e. The Bertz CT molecular complexity index is 90.9. The molecule has 0 spiro atoms. The summed E-state index contributed by atoms with van der Waals surface area (Å²) in [6.07, 6.45) is 0. The van der Waals surface area contributed by atoms with E-state index in [-0.39, 0.29) is 12.4 Å². The quantitative estimate of drug-likeness (QED) is 0.370. The first-order valence-electron chi connectivity index (χ1n) is 1.65. The largest absolute Gasteiger partial charge is 0.274 e. The van der Waals surface area contributed by atoms with E-state index in [0.717, 1.165) is 0 Å². The zero-order valence-electron chi connectivity index (χ0n) is 3.81. The van der Waals surface area contributed by atoms with E-state index in [1.165, 1.54) is 6.92 Å². The van der Waals surface area contributed by atoms with Gasteiger partial charge in [0.15, 0.2) is 6.47 Å². The summed E-state index contributed by atoms with van der Waals surface area (Å²) in [6, 6.07) is 0. The van der Waals surface area contributed by atoms with E-state index in [9.17, 15) is 9.18 Å². The van der Waals surface area contributed by atoms with E-state index < -0.39 is 0 Å². The van der Waals surface area contributed by atoms with Gasteiger partial charge in [-0.3, -0.25) is 4.79 Å². The van der Waals surface area contributed by atoms with Crippen molar-refractivity contribution in [2.24, 2.45) is 5.10 Å². The van der Waals surface area contributed by atoms with Crippen LogP contribution in [0.2, 0.25) is 0 Å². The average Bonchev–Trinajstić information content (AvgIpc) is 1.61. The van der Waals surface area contributed by atoms with Gasteiger partial charge in [0.05, 0.1) is 0 Å². The number of hydrogen-bond acceptors (Lipinski definition) is 2. The van der Waals surface area contributed by atoms with E-state index in [2.05, 4.69) is 5.10 Å². The summed E-state index contributed by atoms with van der Waals surface area (Å²) in [5, 5.41) is 2.78. The third-order valence-electron chi connectivity index (χ3n) is 0.271. The molecule has 0 aromatic rings. The molecule has 0 fully saturated rings. The summed E-state index contributed by atoms with van der Waals surface area (Å²) in [5.41, 5.74) is 1.85. The second-order valence-electron chi connectivity index (χ2n) is 0.895. The topological polar surface area (TPSA) is 41.5 Å². The molecule has 0 aromatic heterocycles. The van der Waals surface area contributed by atoms with Gasteiger partial charge in [0.2, 0.25) is 5.91 Å². The van der Waals surface area contributed by atoms with Crippen LogP contribution in [0.4, 0.5) is 4.39 Å². The van der Waals surface area contributed by atoms with Crippen LogP contribution in [0.25, 0.3) is 0 Å². The van der Waals surface area contributed by atoms with Crippen LogP contribution >= 0.6 is 0 Å². The fourth-order valence-corrected chi connectivity index (χ4v) is 0.115. The molecule has 0 bridgehead atoms. The Morgan fingerprint density at radius 2 is 2.57 bits per heavy atom. The molecule has 4 heteroatoms. The number of nitrogens with one attached hydrogen (secondary N) is 1. The Labute approximate surface area is 40.2 Å². The van der Waals surface area contributed by atoms with Crippen molar-refractivity contribution in [2.45, 2.75) is 6.92 Å². The molecule has 1 amide bonds. The van der Waals surface area contributed by atoms with Gasteiger partial charge in [0.1, 0.15) is 0 Å². The lowest BCUT2D eigenvalue weighted by Crippen LogP contribution is -2.11. The Morgan fingerprint density at radius 1 is 2.00 bits per heavy atom. The molecule has 0 aliphatic carbocycles. The predicted octanol–water partition coefficient (Wildman–Crippen LogP) is 0.0353. The highest BCUT2D eigenvalue weighted by molar-refractivity contribution is 5.73. The van der Waals surface area contributed by atoms with Crippen molar-refractivity contribution in [1.82, 2.24) is 5.43 Å². The van der Waals surface area contributed by atoms with Gasteiger partial charge in [0, 0.05) is 6.92 Å². The van der Waals surface area contributed by atoms with Crippen molar-refractivity contribution in [3.63, 3.8) is 0 Å². The van der Waals surface area contributed by atoms with Crippen LogP contribution in [0.3, 0.4) is 0 Å². The number of carbonyl (C=O) groups excluding carboxylic acids is 1. The number of hydrazone groups is 1. The van der Waals surface area contributed by atoms with Crippen LogP contribution in [0.1, 0.15) is 6.92 Å². The molecule has 3 nitrogen and oxygen atoms in total. The maximum absolute atomic E-state index is 10.8. The molecule has 40 valence electrons. The van der Waals surface area contributed by atoms with Crippen LogP contribution in [-0.2, 0) is 4.79 Å². The minimum absolute atomic E-state index is 0.0153. The fraction of sp³-hybridized carbons (Fsp3) is 0.333. The monoisotopic (exact) mass is 104 g/mol. The Hall–Kier alpha value is -0.930. The Kier molecular flexibility index (Phi) is 2.83. The molecular formula is C3H5FN2O. The third kappa shape index (κ3) is 5.07. The molecule has 0 radical (unpaired) electrons. The van der Waals surface area contributed by atoms with Gasteiger partial charge in [-0.1, -0.05) is 0 Å². The maximum Gasteiger partial charge on any atom is 0.237 e. The first-order chi connectivity index (χ1) is 3.27. The molecule has 0 rings (SSSR count). The van der Waals surface area contributed by atoms with Crippen molar-refractivity contribution in [2.75, 3.05) is 0 Å². The SMILES string of the molecule is CC(=O)N/N=C/F. The molecule has 1 N–H and O–H groups in total. The van der Waals surface area contributed by atoms with Gasteiger partial charge in [-0.2, -0.15) is 9.49 Å². The molecular weight excluding hydrogens is 99.0 g/mol. The second-order valence-corrected chi connectivity index (χ2v) is 0.895. The van der Waals surface area contributed by atoms with Crippen molar-refractivity contribution in [3.05, 3.63) is 0 Å². The summed E-state index contributed by atoms with van der Waals surface area (Å²) >= 11 is 0. The lowest BCUT2D eigenvalue weighted by Gasteiger charge is -1.83. The number of halogens is 1. The molecule has 0 aromatic carbocycles. The van der Waals surface area contributed by atoms with Crippen LogP contribution in [-0.4, -0.2) is 12.4 Å². The van der Waals surface area contributed by atoms with E-state index >= 15 is 0 Å². The van der Waals surface area contributed by atoms with Gasteiger partial charge >= 0.3 is 0 Å². The summed E-state index contributed by atoms with van der Waals surface area (Å²) < 4.78 is 10.8. The first-order valence-corrected chi connectivity index (χ1v) is 1.65. The molecule has 0 saturated heterocycles. The summed E-state index contributed by atoms with van der Waals surface area (Å²) in [6.45, 7) is 1.26. The molecule has 0 atom stereocenters. The highest BCUT2D eigenvalue weighted by Gasteiger charge is 1.79. The lowest BCUT2D eigenvalue weighted by molar-refractivity contribution is -0.118. The highest BCUT2D eigenvalue weighted by Crippen LogP contribution is 1.58. The van der Waals surface area contributed by atoms with Crippen LogP contribution in [0.15, 0.2) is 5.10 Å². The van der Waals surface area contributed by atoms with Gasteiger partial charge < -0.3 is 0 Å². The second kappa shape index (κ2) is 3.27. The van der Waals surface area contributed by atoms with E-state index in [1.807, 2.05) is 5.43 Å². The Balaban J connectivity index is 3.14. The van der Waals surface area contributed by atoms with Crippen molar-refractivity contribution in [3.8, 4) is 0 Å². The zero-order chi connectivity index (χ0) is 5.70. The predicted molar refractivity (Wildman–Crippen MR) is 23.4 cm³/mol. The zero-order valence-corrected chi connectivity index (χ0v) is 3.81. The number of rotatable bonds is 1. The van der Waals surface area contributed by atoms with Gasteiger partial charge in [-0.25, -0.2) is 5.43 Å². The van der Waals surface area contributed by atoms with Crippen molar-refractivity contribution < 1.29 is 9.18 Å². The number of hydrogen-bond donors (Lipinski definition) is 1. The molecule has 7 heavy (non-hydrogen) atoms. The summed E-state index contributed by atoms with van der Waals surface area (Å²) in [4.78, 5) is 9.81. The maximum atomic E-state index is 10.8. The third-order valence-corrected chi connectivity index (χ3v) is 0.271. The summed E-state index contributed by atoms with van der Waals surface area (Å²) in [5.74, 6) is -0.381. The van der Waals surface area contributed by atoms with Crippen molar-refractivity contribution >= 4 is 12.4 Å². The highest BCUT2D eigenvalue weighted by atomic mass is 19.1. The lowest BCUT2D eigenvalue weighted by atomic mass is 10.8. The number of carbonyl (C=O) groups is 1. The summed E-state index contributed by atoms with van der Waals surface area (Å²) in [7, 11) is 0. The molecule has 0 saturated carbocycles. The van der Waals surface area contributed by atoms with Gasteiger partial charge in [-0.15, -0.1) is 0 Å². The molecule has 0 unspecified atom stereocenters. The Morgan fingerprint density at radius 3 is 2.71 bits per heavy atom. The minimum atomic E-state index is -0.381. The molecule has 0 heterocycles. The van der Waals surface area contributed by atoms with Crippen LogP contribution in [0, 0.1) is 0 Å². The molecule has 0 aliphatic rings. The normalized spacial score (nSPS) is 9.43. The van der Waals surface area contributed by atoms with E-state index in [1.54, 1.807) is 0 Å². The van der Waals surface area contributed by atoms with Crippen molar-refractivity contribution in [1.29, 1.82) is 0 Å².